The molecule has 2 unspecified atom stereocenters. The lowest BCUT2D eigenvalue weighted by atomic mass is 9.85. The normalized spacial score (nSPS) is 19.1. The summed E-state index contributed by atoms with van der Waals surface area (Å²) in [6.07, 6.45) is 2.76. The fourth-order valence-electron chi connectivity index (χ4n) is 2.39. The molecule has 1 heteroatoms. The SMILES string of the molecule is Cc1cccc(C(C)C(C)CNC2CC2)c1C. The summed E-state index contributed by atoms with van der Waals surface area (Å²) < 4.78 is 0. The molecule has 1 aromatic carbocycles. The Labute approximate surface area is 106 Å². The van der Waals surface area contributed by atoms with Gasteiger partial charge in [0.05, 0.1) is 0 Å². The van der Waals surface area contributed by atoms with E-state index in [4.69, 9.17) is 0 Å². The van der Waals surface area contributed by atoms with Crippen LogP contribution in [0.1, 0.15) is 49.3 Å². The average molecular weight is 231 g/mol. The van der Waals surface area contributed by atoms with Crippen LogP contribution in [-0.4, -0.2) is 12.6 Å². The molecule has 17 heavy (non-hydrogen) atoms. The summed E-state index contributed by atoms with van der Waals surface area (Å²) in [5, 5.41) is 3.64. The maximum absolute atomic E-state index is 3.64. The quantitative estimate of drug-likeness (QED) is 0.813. The van der Waals surface area contributed by atoms with Crippen molar-refractivity contribution in [1.29, 1.82) is 0 Å². The standard InChI is InChI=1S/C16H25N/c1-11-6-5-7-16(13(11)3)14(4)12(2)10-17-15-8-9-15/h5-7,12,14-15,17H,8-10H2,1-4H3. The Morgan fingerprint density at radius 3 is 2.59 bits per heavy atom. The van der Waals surface area contributed by atoms with Crippen LogP contribution in [0.5, 0.6) is 0 Å². The minimum absolute atomic E-state index is 0.640. The van der Waals surface area contributed by atoms with Gasteiger partial charge < -0.3 is 5.32 Å². The third kappa shape index (κ3) is 3.10. The van der Waals surface area contributed by atoms with Gasteiger partial charge >= 0.3 is 0 Å². The number of rotatable bonds is 5. The maximum Gasteiger partial charge on any atom is 0.00683 e. The first-order valence-corrected chi connectivity index (χ1v) is 6.89. The van der Waals surface area contributed by atoms with E-state index in [1.807, 2.05) is 0 Å². The molecule has 0 spiro atoms. The van der Waals surface area contributed by atoms with Crippen LogP contribution in [0.25, 0.3) is 0 Å². The zero-order valence-corrected chi connectivity index (χ0v) is 11.6. The second kappa shape index (κ2) is 5.22. The van der Waals surface area contributed by atoms with E-state index in [1.54, 1.807) is 0 Å². The first-order valence-electron chi connectivity index (χ1n) is 6.89. The fraction of sp³-hybridized carbons (Fsp3) is 0.625. The first kappa shape index (κ1) is 12.6. The predicted molar refractivity (Wildman–Crippen MR) is 74.5 cm³/mol. The number of nitrogens with one attached hydrogen (secondary N) is 1. The van der Waals surface area contributed by atoms with Gasteiger partial charge in [-0.2, -0.15) is 0 Å². The second-order valence-corrected chi connectivity index (χ2v) is 5.74. The Morgan fingerprint density at radius 2 is 1.94 bits per heavy atom. The monoisotopic (exact) mass is 231 g/mol. The van der Waals surface area contributed by atoms with E-state index in [0.29, 0.717) is 11.8 Å². The Morgan fingerprint density at radius 1 is 1.24 bits per heavy atom. The summed E-state index contributed by atoms with van der Waals surface area (Å²) in [5.41, 5.74) is 4.41. The molecule has 0 bridgehead atoms. The largest absolute Gasteiger partial charge is 0.314 e. The van der Waals surface area contributed by atoms with E-state index in [1.165, 1.54) is 29.5 Å². The van der Waals surface area contributed by atoms with Gasteiger partial charge in [-0.25, -0.2) is 0 Å². The topological polar surface area (TPSA) is 12.0 Å². The van der Waals surface area contributed by atoms with Gasteiger partial charge in [0, 0.05) is 6.04 Å². The third-order valence-corrected chi connectivity index (χ3v) is 4.30. The second-order valence-electron chi connectivity index (χ2n) is 5.74. The van der Waals surface area contributed by atoms with E-state index < -0.39 is 0 Å². The van der Waals surface area contributed by atoms with E-state index in [-0.39, 0.29) is 0 Å². The Hall–Kier alpha value is -0.820. The highest BCUT2D eigenvalue weighted by Crippen LogP contribution is 2.28. The summed E-state index contributed by atoms with van der Waals surface area (Å²) in [6, 6.07) is 7.51. The van der Waals surface area contributed by atoms with E-state index in [9.17, 15) is 0 Å². The van der Waals surface area contributed by atoms with E-state index >= 15 is 0 Å². The Bertz CT molecular complexity index is 379. The molecule has 0 heterocycles. The molecular weight excluding hydrogens is 206 g/mol. The molecule has 1 aliphatic rings. The molecule has 0 amide bonds. The van der Waals surface area contributed by atoms with Crippen molar-refractivity contribution in [2.45, 2.75) is 52.5 Å². The summed E-state index contributed by atoms with van der Waals surface area (Å²) >= 11 is 0. The van der Waals surface area contributed by atoms with Crippen molar-refractivity contribution in [3.63, 3.8) is 0 Å². The highest BCUT2D eigenvalue weighted by molar-refractivity contribution is 5.35. The third-order valence-electron chi connectivity index (χ3n) is 4.30. The fourth-order valence-corrected chi connectivity index (χ4v) is 2.39. The zero-order chi connectivity index (χ0) is 12.4. The van der Waals surface area contributed by atoms with Crippen LogP contribution in [0, 0.1) is 19.8 Å². The lowest BCUT2D eigenvalue weighted by Crippen LogP contribution is -2.26. The van der Waals surface area contributed by atoms with Crippen LogP contribution in [0.3, 0.4) is 0 Å². The zero-order valence-electron chi connectivity index (χ0n) is 11.6. The molecule has 1 saturated carbocycles. The number of hydrogen-bond acceptors (Lipinski definition) is 1. The van der Waals surface area contributed by atoms with Crippen molar-refractivity contribution >= 4 is 0 Å². The van der Waals surface area contributed by atoms with Crippen LogP contribution < -0.4 is 5.32 Å². The van der Waals surface area contributed by atoms with Gasteiger partial charge in [0.1, 0.15) is 0 Å². The minimum atomic E-state index is 0.640. The van der Waals surface area contributed by atoms with Gasteiger partial charge in [0.15, 0.2) is 0 Å². The highest BCUT2D eigenvalue weighted by Gasteiger charge is 2.23. The molecule has 1 nitrogen and oxygen atoms in total. The molecule has 1 aliphatic carbocycles. The summed E-state index contributed by atoms with van der Waals surface area (Å²) in [5.74, 6) is 1.34. The lowest BCUT2D eigenvalue weighted by Gasteiger charge is -2.23. The molecule has 94 valence electrons. The minimum Gasteiger partial charge on any atom is -0.314 e. The molecule has 1 N–H and O–H groups in total. The number of aryl methyl sites for hydroxylation is 1. The van der Waals surface area contributed by atoms with E-state index in [2.05, 4.69) is 51.2 Å². The van der Waals surface area contributed by atoms with Crippen molar-refractivity contribution in [1.82, 2.24) is 5.32 Å². The Kier molecular flexibility index (Phi) is 3.88. The van der Waals surface area contributed by atoms with Gasteiger partial charge in [-0.05, 0) is 61.8 Å². The summed E-state index contributed by atoms with van der Waals surface area (Å²) in [4.78, 5) is 0. The van der Waals surface area contributed by atoms with Crippen molar-refractivity contribution in [2.24, 2.45) is 5.92 Å². The summed E-state index contributed by atoms with van der Waals surface area (Å²) in [6.45, 7) is 10.3. The molecule has 2 atom stereocenters. The van der Waals surface area contributed by atoms with Gasteiger partial charge in [-0.1, -0.05) is 32.0 Å². The number of hydrogen-bond donors (Lipinski definition) is 1. The van der Waals surface area contributed by atoms with Gasteiger partial charge in [0.2, 0.25) is 0 Å². The van der Waals surface area contributed by atoms with Crippen LogP contribution >= 0.6 is 0 Å². The summed E-state index contributed by atoms with van der Waals surface area (Å²) in [7, 11) is 0. The van der Waals surface area contributed by atoms with Crippen LogP contribution in [0.4, 0.5) is 0 Å². The molecule has 1 fully saturated rings. The van der Waals surface area contributed by atoms with Gasteiger partial charge in [0.25, 0.3) is 0 Å². The molecule has 0 aliphatic heterocycles. The predicted octanol–water partition coefficient (Wildman–Crippen LogP) is 3.80. The molecule has 0 saturated heterocycles. The number of benzene rings is 1. The van der Waals surface area contributed by atoms with Crippen molar-refractivity contribution in [2.75, 3.05) is 6.54 Å². The van der Waals surface area contributed by atoms with Crippen LogP contribution in [-0.2, 0) is 0 Å². The van der Waals surface area contributed by atoms with Crippen LogP contribution in [0.15, 0.2) is 18.2 Å². The van der Waals surface area contributed by atoms with E-state index in [0.717, 1.165) is 12.6 Å². The van der Waals surface area contributed by atoms with Crippen molar-refractivity contribution in [3.8, 4) is 0 Å². The molecular formula is C16H25N. The van der Waals surface area contributed by atoms with Crippen molar-refractivity contribution in [3.05, 3.63) is 34.9 Å². The Balaban J connectivity index is 2.01. The average Bonchev–Trinajstić information content (AvgIpc) is 3.12. The smallest absolute Gasteiger partial charge is 0.00683 e. The first-order chi connectivity index (χ1) is 8.09. The lowest BCUT2D eigenvalue weighted by molar-refractivity contribution is 0.445. The molecule has 0 aromatic heterocycles. The molecule has 2 rings (SSSR count). The van der Waals surface area contributed by atoms with Gasteiger partial charge in [-0.15, -0.1) is 0 Å². The highest BCUT2D eigenvalue weighted by atomic mass is 14.9. The van der Waals surface area contributed by atoms with Crippen molar-refractivity contribution < 1.29 is 0 Å². The molecule has 1 aromatic rings. The maximum atomic E-state index is 3.64. The van der Waals surface area contributed by atoms with Crippen LogP contribution in [0.2, 0.25) is 0 Å². The molecule has 0 radical (unpaired) electrons. The van der Waals surface area contributed by atoms with Gasteiger partial charge in [-0.3, -0.25) is 0 Å².